The molecule has 0 aliphatic rings. The van der Waals surface area contributed by atoms with E-state index in [1.807, 2.05) is 0 Å². The number of aryl methyl sites for hydroxylation is 9. The van der Waals surface area contributed by atoms with Crippen LogP contribution in [0, 0.1) is 62.2 Å². The third kappa shape index (κ3) is 25.8. The number of rotatable bonds is 15. The lowest BCUT2D eigenvalue weighted by Gasteiger charge is -2.25. The van der Waals surface area contributed by atoms with E-state index in [-0.39, 0.29) is 10.8 Å². The van der Waals surface area contributed by atoms with Gasteiger partial charge in [0.15, 0.2) is 24.8 Å². The molecule has 0 spiro atoms. The first-order chi connectivity index (χ1) is 47.0. The van der Waals surface area contributed by atoms with Crippen LogP contribution in [0.2, 0.25) is 78.6 Å². The van der Waals surface area contributed by atoms with Gasteiger partial charge < -0.3 is 0 Å². The summed E-state index contributed by atoms with van der Waals surface area (Å²) in [7, 11) is 3.25. The first kappa shape index (κ1) is 89.0. The molecular formula is C96H152N4Si4+4. The van der Waals surface area contributed by atoms with E-state index in [0.717, 1.165) is 32.1 Å². The number of hydrogen-bond acceptors (Lipinski definition) is 0. The van der Waals surface area contributed by atoms with Crippen LogP contribution in [0.4, 0.5) is 0 Å². The molecule has 0 unspecified atom stereocenters. The molecule has 0 bridgehead atoms. The average molecular weight is 1470 g/mol. The van der Waals surface area contributed by atoms with Crippen LogP contribution in [0.5, 0.6) is 0 Å². The van der Waals surface area contributed by atoms with Crippen LogP contribution >= 0.6 is 0 Å². The fourth-order valence-corrected chi connectivity index (χ4v) is 21.4. The largest absolute Gasteiger partial charge is 0.212 e. The Morgan fingerprint density at radius 3 is 0.865 bits per heavy atom. The average Bonchev–Trinajstić information content (AvgIpc) is 0.792. The van der Waals surface area contributed by atoms with Gasteiger partial charge in [-0.15, -0.1) is 0 Å². The van der Waals surface area contributed by atoms with Crippen molar-refractivity contribution in [3.8, 4) is 45.0 Å². The van der Waals surface area contributed by atoms with Crippen molar-refractivity contribution >= 4 is 53.0 Å². The van der Waals surface area contributed by atoms with E-state index in [9.17, 15) is 0 Å². The van der Waals surface area contributed by atoms with Gasteiger partial charge in [-0.1, -0.05) is 264 Å². The van der Waals surface area contributed by atoms with Crippen LogP contribution in [-0.2, 0) is 65.7 Å². The maximum absolute atomic E-state index is 2.49. The van der Waals surface area contributed by atoms with Crippen LogP contribution in [0.15, 0.2) is 122 Å². The first-order valence-electron chi connectivity index (χ1n) is 39.6. The summed E-state index contributed by atoms with van der Waals surface area (Å²) >= 11 is 0. The van der Waals surface area contributed by atoms with E-state index >= 15 is 0 Å². The van der Waals surface area contributed by atoms with Gasteiger partial charge in [0.25, 0.3) is 0 Å². The van der Waals surface area contributed by atoms with Gasteiger partial charge in [0, 0.05) is 67.3 Å². The van der Waals surface area contributed by atoms with E-state index in [1.165, 1.54) is 101 Å². The van der Waals surface area contributed by atoms with Crippen molar-refractivity contribution in [2.45, 2.75) is 288 Å². The molecule has 0 amide bonds. The fourth-order valence-electron chi connectivity index (χ4n) is 14.6. The molecule has 4 aromatic carbocycles. The molecule has 4 aromatic heterocycles. The highest BCUT2D eigenvalue weighted by atomic mass is 28.3. The van der Waals surface area contributed by atoms with Gasteiger partial charge in [-0.3, -0.25) is 0 Å². The lowest BCUT2D eigenvalue weighted by Crippen LogP contribution is -2.47. The van der Waals surface area contributed by atoms with E-state index in [4.69, 9.17) is 0 Å². The molecule has 0 aliphatic carbocycles. The van der Waals surface area contributed by atoms with Crippen molar-refractivity contribution in [3.63, 3.8) is 0 Å². The lowest BCUT2D eigenvalue weighted by molar-refractivity contribution is -0.659. The van der Waals surface area contributed by atoms with Gasteiger partial charge in [0.1, 0.15) is 28.2 Å². The molecule has 0 saturated heterocycles. The Morgan fingerprint density at radius 1 is 0.317 bits per heavy atom. The Bertz CT molecular complexity index is 4270. The molecule has 0 saturated carbocycles. The number of pyridine rings is 4. The Morgan fingerprint density at radius 2 is 0.587 bits per heavy atom. The fraction of sp³-hybridized carbons (Fsp3) is 0.542. The molecule has 104 heavy (non-hydrogen) atoms. The molecule has 4 heterocycles. The third-order valence-electron chi connectivity index (χ3n) is 20.0. The summed E-state index contributed by atoms with van der Waals surface area (Å²) in [5, 5.41) is 6.37. The van der Waals surface area contributed by atoms with Crippen molar-refractivity contribution in [2.24, 2.45) is 55.8 Å². The predicted octanol–water partition coefficient (Wildman–Crippen LogP) is 22.4. The van der Waals surface area contributed by atoms with E-state index in [1.54, 1.807) is 31.9 Å². The summed E-state index contributed by atoms with van der Waals surface area (Å²) in [5.74, 6) is 1.23. The quantitative estimate of drug-likeness (QED) is 0.0718. The minimum Gasteiger partial charge on any atom is -0.201 e. The van der Waals surface area contributed by atoms with Crippen LogP contribution in [0.3, 0.4) is 0 Å². The highest BCUT2D eigenvalue weighted by Gasteiger charge is 2.34. The summed E-state index contributed by atoms with van der Waals surface area (Å²) in [5.41, 5.74) is 29.3. The smallest absolute Gasteiger partial charge is 0.201 e. The van der Waals surface area contributed by atoms with Gasteiger partial charge in [-0.25, -0.2) is 18.3 Å². The van der Waals surface area contributed by atoms with Gasteiger partial charge >= 0.3 is 0 Å². The summed E-state index contributed by atoms with van der Waals surface area (Å²) in [6, 6.07) is 37.6. The van der Waals surface area contributed by atoms with Crippen LogP contribution in [0.25, 0.3) is 45.0 Å². The SMILES string of the molecule is Cc1ccc(C(C)(C)C)cc1-c1cc(CC(C)(C)C)c([Si](C)(C)C)c[n+]1C.Cc1ccc(C(C)C)cc1-c1cc(CC(C)(C)C)c([Si](C)(C)C)c[n+]1C.Cc1ccc(C)c(-c2cc(CC(C)(C)C)c([Si](C)(C)C)c[n+]2C)c1.Cc1ccc(CC(C)C)cc1-c1cc(CC(C)(C)C)c([Si](C)(C)C)c[n+]1C. The molecular weight excluding hydrogens is 1320 g/mol. The highest BCUT2D eigenvalue weighted by Crippen LogP contribution is 2.34. The molecule has 0 radical (unpaired) electrons. The van der Waals surface area contributed by atoms with Gasteiger partial charge in [-0.2, -0.15) is 0 Å². The summed E-state index contributed by atoms with van der Waals surface area (Å²) in [6.45, 7) is 84.7. The van der Waals surface area contributed by atoms with Crippen LogP contribution < -0.4 is 39.0 Å². The molecule has 0 aliphatic heterocycles. The van der Waals surface area contributed by atoms with Crippen molar-refractivity contribution < 1.29 is 18.3 Å². The Balaban J connectivity index is 0.000000249. The van der Waals surface area contributed by atoms with Crippen LogP contribution in [-0.4, -0.2) is 32.3 Å². The van der Waals surface area contributed by atoms with Gasteiger partial charge in [0.2, 0.25) is 22.8 Å². The van der Waals surface area contributed by atoms with E-state index in [0.29, 0.717) is 28.1 Å². The Labute approximate surface area is 644 Å². The summed E-state index contributed by atoms with van der Waals surface area (Å²) in [4.78, 5) is 0. The number of hydrogen-bond donors (Lipinski definition) is 0. The zero-order valence-electron chi connectivity index (χ0n) is 74.5. The third-order valence-corrected chi connectivity index (χ3v) is 28.3. The summed E-state index contributed by atoms with van der Waals surface area (Å²) in [6.07, 6.45) is 15.3. The number of nitrogens with zero attached hydrogens (tertiary/aromatic N) is 4. The number of benzene rings is 4. The van der Waals surface area contributed by atoms with Gasteiger partial charge in [0.05, 0.1) is 32.3 Å². The monoisotopic (exact) mass is 1470 g/mol. The Kier molecular flexibility index (Phi) is 29.0. The molecule has 0 atom stereocenters. The molecule has 4 nitrogen and oxygen atoms in total. The number of aromatic nitrogens is 4. The second-order valence-corrected chi connectivity index (χ2v) is 62.5. The lowest BCUT2D eigenvalue weighted by atomic mass is 9.84. The maximum atomic E-state index is 2.49. The first-order valence-corrected chi connectivity index (χ1v) is 53.6. The normalized spacial score (nSPS) is 12.8. The minimum absolute atomic E-state index is 0.160. The molecule has 568 valence electrons. The van der Waals surface area contributed by atoms with Gasteiger partial charge in [-0.05, 0) is 191 Å². The van der Waals surface area contributed by atoms with Crippen LogP contribution in [0.1, 0.15) is 204 Å². The zero-order valence-corrected chi connectivity index (χ0v) is 78.5. The second kappa shape index (κ2) is 33.9. The van der Waals surface area contributed by atoms with Crippen molar-refractivity contribution in [1.29, 1.82) is 0 Å². The summed E-state index contributed by atoms with van der Waals surface area (Å²) < 4.78 is 9.41. The van der Waals surface area contributed by atoms with Crippen molar-refractivity contribution in [3.05, 3.63) is 189 Å². The standard InChI is InChI=1S/2C25H40NSi.C24H38NSi.C22H34NSi/c1-18-12-13-20(25(5,6)7)15-21(18)22-14-19(16-24(2,3)4)23(17-26(22)8)27(9,10)11;1-18(2)13-20-12-11-19(3)22(14-20)23-15-21(16-25(4,5)6)24(17-26(23)7)27(8,9)10;1-17(2)19-12-11-18(3)21(13-19)22-14-20(15-24(4,5)6)23(16-25(22)7)26(8,9)10;1-16-10-11-17(2)19(12-16)20-13-18(14-22(3,4)5)21(15-23(20)6)24(7,8)9/h12-15,17H,16H2,1-11H3;11-12,14-15,17-18H,13,16H2,1-10H3;11-14,16-17H,15H2,1-10H3;10-13,15H,14H2,1-9H3/q4*+1. The van der Waals surface area contributed by atoms with Crippen molar-refractivity contribution in [1.82, 2.24) is 0 Å². The van der Waals surface area contributed by atoms with Crippen molar-refractivity contribution in [2.75, 3.05) is 0 Å². The van der Waals surface area contributed by atoms with E-state index in [2.05, 4.69) is 413 Å². The molecule has 0 fully saturated rings. The molecule has 8 aromatic rings. The molecule has 8 heteroatoms. The second-order valence-electron chi connectivity index (χ2n) is 42.4. The molecule has 8 rings (SSSR count). The minimum atomic E-state index is -1.41. The molecule has 0 N–H and O–H groups in total. The zero-order chi connectivity index (χ0) is 79.5. The Hall–Kier alpha value is -5.65. The maximum Gasteiger partial charge on any atom is 0.212 e. The van der Waals surface area contributed by atoms with E-state index < -0.39 is 32.3 Å². The topological polar surface area (TPSA) is 15.5 Å². The highest BCUT2D eigenvalue weighted by molar-refractivity contribution is 6.90. The predicted molar refractivity (Wildman–Crippen MR) is 472 cm³/mol.